The van der Waals surface area contributed by atoms with Crippen LogP contribution in [-0.2, 0) is 13.6 Å². The Balaban J connectivity index is 2.64. The fourth-order valence-corrected chi connectivity index (χ4v) is 3.16. The number of hydrogen-bond donors (Lipinski definition) is 0. The largest absolute Gasteiger partial charge is 0.354 e. The zero-order chi connectivity index (χ0) is 9.73. The van der Waals surface area contributed by atoms with Crippen molar-refractivity contribution in [3.63, 3.8) is 0 Å². The van der Waals surface area contributed by atoms with E-state index >= 15 is 0 Å². The van der Waals surface area contributed by atoms with Gasteiger partial charge in [-0.2, -0.15) is 0 Å². The Kier molecular flexibility index (Phi) is 4.10. The van der Waals surface area contributed by atoms with Crippen molar-refractivity contribution < 1.29 is 13.6 Å². The van der Waals surface area contributed by atoms with Crippen molar-refractivity contribution in [3.8, 4) is 0 Å². The number of hydrogen-bond acceptors (Lipinski definition) is 4. The zero-order valence-electron chi connectivity index (χ0n) is 8.10. The molecule has 1 atom stereocenters. The normalized spacial score (nSPS) is 22.5. The van der Waals surface area contributed by atoms with E-state index < -0.39 is 7.60 Å². The van der Waals surface area contributed by atoms with E-state index in [-0.39, 0.29) is 5.78 Å². The van der Waals surface area contributed by atoms with Gasteiger partial charge in [0, 0.05) is 0 Å². The van der Waals surface area contributed by atoms with Crippen LogP contribution in [-0.4, -0.2) is 25.2 Å². The molecule has 1 heterocycles. The quantitative estimate of drug-likeness (QED) is 0.647. The smallest absolute Gasteiger partial charge is 0.307 e. The summed E-state index contributed by atoms with van der Waals surface area (Å²) in [5, 5.41) is 0. The highest BCUT2D eigenvalue weighted by Gasteiger charge is 2.36. The first kappa shape index (κ1) is 10.9. The average Bonchev–Trinajstić information content (AvgIpc) is 2.57. The highest BCUT2D eigenvalue weighted by Crippen LogP contribution is 2.55. The second-order valence-corrected chi connectivity index (χ2v) is 4.96. The summed E-state index contributed by atoms with van der Waals surface area (Å²) in [4.78, 5) is 4.11. The third-order valence-electron chi connectivity index (χ3n) is 1.81. The van der Waals surface area contributed by atoms with Crippen LogP contribution in [0.25, 0.3) is 0 Å². The van der Waals surface area contributed by atoms with Gasteiger partial charge in [0.15, 0.2) is 5.78 Å². The van der Waals surface area contributed by atoms with Gasteiger partial charge >= 0.3 is 7.60 Å². The molecule has 0 aromatic heterocycles. The van der Waals surface area contributed by atoms with E-state index in [0.717, 1.165) is 12.8 Å². The van der Waals surface area contributed by atoms with E-state index in [1.165, 1.54) is 0 Å². The predicted molar refractivity (Wildman–Crippen MR) is 52.4 cm³/mol. The van der Waals surface area contributed by atoms with Gasteiger partial charge in [-0.3, -0.25) is 9.56 Å². The summed E-state index contributed by atoms with van der Waals surface area (Å²) in [7, 11) is -2.96. The van der Waals surface area contributed by atoms with Gasteiger partial charge in [-0.15, -0.1) is 0 Å². The summed E-state index contributed by atoms with van der Waals surface area (Å²) in [6.07, 6.45) is 3.43. The van der Waals surface area contributed by atoms with Crippen LogP contribution in [0.2, 0.25) is 0 Å². The molecule has 0 spiro atoms. The SMILES string of the molecule is CCOP(=O)(OCC)[C@@H]1CCC=N1. The standard InChI is InChI=1S/C8H16NO3P/c1-3-11-13(10,12-4-2)8-6-5-7-9-8/h7-8H,3-6H2,1-2H3/t8-/m1/s1. The molecule has 0 saturated carbocycles. The van der Waals surface area contributed by atoms with Gasteiger partial charge in [0.2, 0.25) is 0 Å². The molecule has 0 fully saturated rings. The van der Waals surface area contributed by atoms with Crippen molar-refractivity contribution in [1.82, 2.24) is 0 Å². The van der Waals surface area contributed by atoms with Crippen LogP contribution < -0.4 is 0 Å². The van der Waals surface area contributed by atoms with E-state index in [1.54, 1.807) is 6.21 Å². The lowest BCUT2D eigenvalue weighted by molar-refractivity contribution is 0.212. The minimum Gasteiger partial charge on any atom is -0.307 e. The van der Waals surface area contributed by atoms with Crippen LogP contribution in [0.15, 0.2) is 4.99 Å². The number of rotatable bonds is 5. The molecule has 0 aromatic rings. The van der Waals surface area contributed by atoms with Crippen LogP contribution in [0.4, 0.5) is 0 Å². The van der Waals surface area contributed by atoms with E-state index in [0.29, 0.717) is 13.2 Å². The molecular weight excluding hydrogens is 189 g/mol. The van der Waals surface area contributed by atoms with Crippen LogP contribution >= 0.6 is 7.60 Å². The van der Waals surface area contributed by atoms with Crippen molar-refractivity contribution in [3.05, 3.63) is 0 Å². The molecular formula is C8H16NO3P. The maximum atomic E-state index is 12.1. The molecule has 1 aliphatic rings. The summed E-state index contributed by atoms with van der Waals surface area (Å²) in [5.41, 5.74) is 0. The molecule has 1 aliphatic heterocycles. The number of nitrogens with zero attached hydrogens (tertiary/aromatic N) is 1. The molecule has 0 unspecified atom stereocenters. The molecule has 0 aromatic carbocycles. The lowest BCUT2D eigenvalue weighted by Crippen LogP contribution is -2.08. The zero-order valence-corrected chi connectivity index (χ0v) is 9.00. The summed E-state index contributed by atoms with van der Waals surface area (Å²) in [5.74, 6) is -0.271. The highest BCUT2D eigenvalue weighted by molar-refractivity contribution is 7.54. The van der Waals surface area contributed by atoms with E-state index in [9.17, 15) is 4.57 Å². The Morgan fingerprint density at radius 1 is 1.46 bits per heavy atom. The monoisotopic (exact) mass is 205 g/mol. The highest BCUT2D eigenvalue weighted by atomic mass is 31.2. The molecule has 0 saturated heterocycles. The summed E-state index contributed by atoms with van der Waals surface area (Å²) in [6.45, 7) is 4.43. The molecule has 0 bridgehead atoms. The van der Waals surface area contributed by atoms with Crippen molar-refractivity contribution in [2.24, 2.45) is 4.99 Å². The van der Waals surface area contributed by atoms with Crippen molar-refractivity contribution in [2.75, 3.05) is 13.2 Å². The molecule has 13 heavy (non-hydrogen) atoms. The Labute approximate surface area is 78.9 Å². The lowest BCUT2D eigenvalue weighted by Gasteiger charge is -2.20. The summed E-state index contributed by atoms with van der Waals surface area (Å²) < 4.78 is 22.4. The number of aliphatic imine (C=N–C) groups is 1. The minimum atomic E-state index is -2.96. The first-order chi connectivity index (χ1) is 6.23. The van der Waals surface area contributed by atoms with Crippen molar-refractivity contribution >= 4 is 13.8 Å². The maximum absolute atomic E-state index is 12.1. The van der Waals surface area contributed by atoms with Crippen LogP contribution in [0.3, 0.4) is 0 Å². The molecule has 5 heteroatoms. The third kappa shape index (κ3) is 2.63. The van der Waals surface area contributed by atoms with Gasteiger partial charge in [0.1, 0.15) is 0 Å². The predicted octanol–water partition coefficient (Wildman–Crippen LogP) is 2.44. The molecule has 0 aliphatic carbocycles. The second kappa shape index (κ2) is 4.89. The maximum Gasteiger partial charge on any atom is 0.354 e. The Bertz CT molecular complexity index is 219. The van der Waals surface area contributed by atoms with E-state index in [1.807, 2.05) is 13.8 Å². The Hall–Kier alpha value is -0.180. The van der Waals surface area contributed by atoms with Gasteiger partial charge < -0.3 is 9.05 Å². The van der Waals surface area contributed by atoms with Gasteiger partial charge in [0.25, 0.3) is 0 Å². The van der Waals surface area contributed by atoms with Gasteiger partial charge in [-0.05, 0) is 32.9 Å². The van der Waals surface area contributed by atoms with Crippen molar-refractivity contribution in [1.29, 1.82) is 0 Å². The second-order valence-electron chi connectivity index (χ2n) is 2.76. The van der Waals surface area contributed by atoms with Gasteiger partial charge in [0.05, 0.1) is 13.2 Å². The first-order valence-electron chi connectivity index (χ1n) is 4.63. The molecule has 0 N–H and O–H groups in total. The van der Waals surface area contributed by atoms with E-state index in [4.69, 9.17) is 9.05 Å². The fraction of sp³-hybridized carbons (Fsp3) is 0.875. The molecule has 76 valence electrons. The topological polar surface area (TPSA) is 47.9 Å². The average molecular weight is 205 g/mol. The molecule has 4 nitrogen and oxygen atoms in total. The van der Waals surface area contributed by atoms with Crippen LogP contribution in [0.5, 0.6) is 0 Å². The third-order valence-corrected chi connectivity index (χ3v) is 4.17. The van der Waals surface area contributed by atoms with E-state index in [2.05, 4.69) is 4.99 Å². The summed E-state index contributed by atoms with van der Waals surface area (Å²) >= 11 is 0. The first-order valence-corrected chi connectivity index (χ1v) is 6.24. The summed E-state index contributed by atoms with van der Waals surface area (Å²) in [6, 6.07) is 0. The molecule has 1 rings (SSSR count). The fourth-order valence-electron chi connectivity index (χ4n) is 1.30. The lowest BCUT2D eigenvalue weighted by atomic mass is 10.4. The van der Waals surface area contributed by atoms with Crippen LogP contribution in [0.1, 0.15) is 26.7 Å². The Morgan fingerprint density at radius 3 is 2.46 bits per heavy atom. The van der Waals surface area contributed by atoms with Crippen LogP contribution in [0, 0.1) is 0 Å². The minimum absolute atomic E-state index is 0.271. The molecule has 0 radical (unpaired) electrons. The van der Waals surface area contributed by atoms with Gasteiger partial charge in [-0.1, -0.05) is 0 Å². The van der Waals surface area contributed by atoms with Gasteiger partial charge in [-0.25, -0.2) is 0 Å². The molecule has 0 amide bonds. The van der Waals surface area contributed by atoms with Crippen molar-refractivity contribution in [2.45, 2.75) is 32.5 Å². The Morgan fingerprint density at radius 2 is 2.08 bits per heavy atom.